The van der Waals surface area contributed by atoms with Crippen molar-refractivity contribution in [3.05, 3.63) is 58.0 Å². The fourth-order valence-corrected chi connectivity index (χ4v) is 3.64. The fourth-order valence-electron chi connectivity index (χ4n) is 3.64. The molecule has 4 rings (SSSR count). The highest BCUT2D eigenvalue weighted by Gasteiger charge is 2.34. The zero-order valence-corrected chi connectivity index (χ0v) is 14.2. The van der Waals surface area contributed by atoms with E-state index in [4.69, 9.17) is 0 Å². The van der Waals surface area contributed by atoms with Gasteiger partial charge in [0.2, 0.25) is 0 Å². The lowest BCUT2D eigenvalue weighted by Gasteiger charge is -2.24. The first-order chi connectivity index (χ1) is 12.1. The number of carbonyl (C=O) groups excluding carboxylic acids is 1. The van der Waals surface area contributed by atoms with E-state index in [1.807, 2.05) is 35.7 Å². The van der Waals surface area contributed by atoms with Gasteiger partial charge in [-0.15, -0.1) is 0 Å². The van der Waals surface area contributed by atoms with E-state index in [2.05, 4.69) is 15.2 Å². The number of carbonyl (C=O) groups is 1. The van der Waals surface area contributed by atoms with Gasteiger partial charge in [0.05, 0.1) is 17.1 Å². The standard InChI is InChI=1S/C18H19N5O2/c1-11-10-22(2)16(19-11)14-8-5-9-23(14)18(25)15-12-6-3-4-7-13(12)17(24)21-20-15/h3-4,6-7,10,14H,5,8-9H2,1-2H3,(H,21,24). The number of fused-ring (bicyclic) bond motifs is 1. The number of rotatable bonds is 2. The van der Waals surface area contributed by atoms with E-state index in [0.717, 1.165) is 24.4 Å². The molecule has 2 aromatic heterocycles. The Morgan fingerprint density at radius 2 is 2.04 bits per heavy atom. The minimum atomic E-state index is -0.287. The van der Waals surface area contributed by atoms with Crippen LogP contribution in [0.15, 0.2) is 35.3 Å². The van der Waals surface area contributed by atoms with Crippen LogP contribution in [-0.2, 0) is 7.05 Å². The molecule has 7 heteroatoms. The molecule has 25 heavy (non-hydrogen) atoms. The normalized spacial score (nSPS) is 17.4. The molecule has 0 saturated carbocycles. The lowest BCUT2D eigenvalue weighted by molar-refractivity contribution is 0.0723. The van der Waals surface area contributed by atoms with Crippen molar-refractivity contribution in [3.63, 3.8) is 0 Å². The van der Waals surface area contributed by atoms with Crippen molar-refractivity contribution in [3.8, 4) is 0 Å². The van der Waals surface area contributed by atoms with Crippen LogP contribution in [0, 0.1) is 6.92 Å². The van der Waals surface area contributed by atoms with E-state index in [1.165, 1.54) is 0 Å². The molecule has 0 radical (unpaired) electrons. The molecule has 1 saturated heterocycles. The van der Waals surface area contributed by atoms with Gasteiger partial charge in [-0.25, -0.2) is 10.1 Å². The first-order valence-electron chi connectivity index (χ1n) is 8.34. The van der Waals surface area contributed by atoms with Crippen molar-refractivity contribution >= 4 is 16.7 Å². The summed E-state index contributed by atoms with van der Waals surface area (Å²) in [6.45, 7) is 2.60. The molecule has 1 atom stereocenters. The minimum Gasteiger partial charge on any atom is -0.336 e. The summed E-state index contributed by atoms with van der Waals surface area (Å²) in [6, 6.07) is 6.99. The number of aromatic nitrogens is 4. The number of benzene rings is 1. The smallest absolute Gasteiger partial charge is 0.275 e. The molecule has 1 N–H and O–H groups in total. The van der Waals surface area contributed by atoms with Gasteiger partial charge in [-0.3, -0.25) is 9.59 Å². The summed E-state index contributed by atoms with van der Waals surface area (Å²) < 4.78 is 1.98. The number of nitrogens with zero attached hydrogens (tertiary/aromatic N) is 4. The molecular formula is C18H19N5O2. The second-order valence-corrected chi connectivity index (χ2v) is 6.45. The van der Waals surface area contributed by atoms with E-state index >= 15 is 0 Å². The molecular weight excluding hydrogens is 318 g/mol. The molecule has 1 aliphatic rings. The van der Waals surface area contributed by atoms with Crippen LogP contribution < -0.4 is 5.56 Å². The van der Waals surface area contributed by atoms with Crippen molar-refractivity contribution in [2.45, 2.75) is 25.8 Å². The fraction of sp³-hybridized carbons (Fsp3) is 0.333. The maximum absolute atomic E-state index is 13.2. The first kappa shape index (κ1) is 15.6. The Morgan fingerprint density at radius 1 is 1.28 bits per heavy atom. The summed E-state index contributed by atoms with van der Waals surface area (Å²) in [6.07, 6.45) is 3.75. The van der Waals surface area contributed by atoms with Crippen LogP contribution >= 0.6 is 0 Å². The molecule has 0 aliphatic carbocycles. The SMILES string of the molecule is Cc1cn(C)c(C2CCCN2C(=O)c2n[nH]c(=O)c3ccccc23)n1. The van der Waals surface area contributed by atoms with Crippen LogP contribution in [0.5, 0.6) is 0 Å². The number of aryl methyl sites for hydroxylation is 2. The van der Waals surface area contributed by atoms with Crippen molar-refractivity contribution in [2.24, 2.45) is 7.05 Å². The van der Waals surface area contributed by atoms with Crippen molar-refractivity contribution < 1.29 is 4.79 Å². The van der Waals surface area contributed by atoms with Crippen LogP contribution in [0.3, 0.4) is 0 Å². The van der Waals surface area contributed by atoms with Gasteiger partial charge in [-0.1, -0.05) is 18.2 Å². The Hall–Kier alpha value is -2.96. The number of hydrogen-bond acceptors (Lipinski definition) is 4. The molecule has 1 fully saturated rings. The summed E-state index contributed by atoms with van der Waals surface area (Å²) >= 11 is 0. The highest BCUT2D eigenvalue weighted by Crippen LogP contribution is 2.32. The number of amides is 1. The number of imidazole rings is 1. The molecule has 1 amide bonds. The first-order valence-corrected chi connectivity index (χ1v) is 8.34. The van der Waals surface area contributed by atoms with E-state index in [-0.39, 0.29) is 23.2 Å². The summed E-state index contributed by atoms with van der Waals surface area (Å²) in [5, 5.41) is 7.55. The van der Waals surface area contributed by atoms with Gasteiger partial charge in [0.15, 0.2) is 5.69 Å². The second-order valence-electron chi connectivity index (χ2n) is 6.45. The topological polar surface area (TPSA) is 83.9 Å². The Labute approximate surface area is 144 Å². The van der Waals surface area contributed by atoms with Gasteiger partial charge in [-0.2, -0.15) is 5.10 Å². The monoisotopic (exact) mass is 337 g/mol. The van der Waals surface area contributed by atoms with Gasteiger partial charge in [-0.05, 0) is 25.8 Å². The molecule has 1 unspecified atom stereocenters. The van der Waals surface area contributed by atoms with Crippen molar-refractivity contribution in [1.82, 2.24) is 24.6 Å². The third-order valence-electron chi connectivity index (χ3n) is 4.74. The molecule has 128 valence electrons. The zero-order valence-electron chi connectivity index (χ0n) is 14.2. The van der Waals surface area contributed by atoms with Gasteiger partial charge in [0, 0.05) is 25.2 Å². The maximum Gasteiger partial charge on any atom is 0.275 e. The second kappa shape index (κ2) is 5.84. The Bertz CT molecular complexity index is 1020. The summed E-state index contributed by atoms with van der Waals surface area (Å²) in [5.41, 5.74) is 0.933. The predicted octanol–water partition coefficient (Wildman–Crippen LogP) is 1.94. The summed E-state index contributed by atoms with van der Waals surface area (Å²) in [7, 11) is 1.95. The third kappa shape index (κ3) is 2.52. The Morgan fingerprint density at radius 3 is 2.76 bits per heavy atom. The number of H-pyrrole nitrogens is 1. The average Bonchev–Trinajstić information content (AvgIpc) is 3.21. The lowest BCUT2D eigenvalue weighted by atomic mass is 10.1. The molecule has 3 aromatic rings. The molecule has 7 nitrogen and oxygen atoms in total. The van der Waals surface area contributed by atoms with Crippen LogP contribution in [0.1, 0.15) is 40.9 Å². The zero-order chi connectivity index (χ0) is 17.6. The van der Waals surface area contributed by atoms with Crippen LogP contribution in [-0.4, -0.2) is 37.1 Å². The van der Waals surface area contributed by atoms with Crippen LogP contribution in [0.4, 0.5) is 0 Å². The molecule has 1 aliphatic heterocycles. The van der Waals surface area contributed by atoms with Gasteiger partial charge in [0.25, 0.3) is 11.5 Å². The lowest BCUT2D eigenvalue weighted by Crippen LogP contribution is -2.33. The number of aromatic amines is 1. The highest BCUT2D eigenvalue weighted by molar-refractivity contribution is 6.04. The molecule has 0 bridgehead atoms. The Kier molecular flexibility index (Phi) is 3.63. The maximum atomic E-state index is 13.2. The predicted molar refractivity (Wildman–Crippen MR) is 93.3 cm³/mol. The van der Waals surface area contributed by atoms with E-state index in [1.54, 1.807) is 18.2 Å². The molecule has 1 aromatic carbocycles. The number of hydrogen-bond donors (Lipinski definition) is 1. The minimum absolute atomic E-state index is 0.0707. The van der Waals surface area contributed by atoms with Gasteiger partial charge < -0.3 is 9.47 Å². The number of nitrogens with one attached hydrogen (secondary N) is 1. The summed E-state index contributed by atoms with van der Waals surface area (Å²) in [4.78, 5) is 31.5. The molecule has 0 spiro atoms. The van der Waals surface area contributed by atoms with Gasteiger partial charge in [0.1, 0.15) is 5.82 Å². The third-order valence-corrected chi connectivity index (χ3v) is 4.74. The summed E-state index contributed by atoms with van der Waals surface area (Å²) in [5.74, 6) is 0.715. The quantitative estimate of drug-likeness (QED) is 0.774. The number of likely N-dealkylation sites (tertiary alicyclic amines) is 1. The van der Waals surface area contributed by atoms with Crippen molar-refractivity contribution in [1.29, 1.82) is 0 Å². The highest BCUT2D eigenvalue weighted by atomic mass is 16.2. The largest absolute Gasteiger partial charge is 0.336 e. The van der Waals surface area contributed by atoms with E-state index in [9.17, 15) is 9.59 Å². The van der Waals surface area contributed by atoms with E-state index < -0.39 is 0 Å². The Balaban J connectivity index is 1.77. The molecule has 3 heterocycles. The van der Waals surface area contributed by atoms with E-state index in [0.29, 0.717) is 17.3 Å². The van der Waals surface area contributed by atoms with Crippen LogP contribution in [0.25, 0.3) is 10.8 Å². The van der Waals surface area contributed by atoms with Gasteiger partial charge >= 0.3 is 0 Å². The van der Waals surface area contributed by atoms with Crippen molar-refractivity contribution in [2.75, 3.05) is 6.54 Å². The average molecular weight is 337 g/mol. The van der Waals surface area contributed by atoms with Crippen LogP contribution in [0.2, 0.25) is 0 Å².